The van der Waals surface area contributed by atoms with Crippen molar-refractivity contribution >= 4 is 17.6 Å². The normalized spacial score (nSPS) is 23.8. The van der Waals surface area contributed by atoms with Crippen LogP contribution in [0.15, 0.2) is 30.3 Å². The van der Waals surface area contributed by atoms with E-state index >= 15 is 0 Å². The van der Waals surface area contributed by atoms with Gasteiger partial charge in [0.05, 0.1) is 6.54 Å². The van der Waals surface area contributed by atoms with Crippen LogP contribution in [0.25, 0.3) is 0 Å². The third-order valence-electron chi connectivity index (χ3n) is 5.47. The summed E-state index contributed by atoms with van der Waals surface area (Å²) >= 11 is 0. The fourth-order valence-electron chi connectivity index (χ4n) is 4.23. The predicted octanol–water partition coefficient (Wildman–Crippen LogP) is 3.21. The summed E-state index contributed by atoms with van der Waals surface area (Å²) in [5.41, 5.74) is 6.85. The van der Waals surface area contributed by atoms with Crippen LogP contribution in [0.1, 0.15) is 37.9 Å². The number of nitrogens with one attached hydrogen (secondary N) is 1. The molecule has 1 aromatic heterocycles. The number of likely N-dealkylation sites (tertiary alicyclic amines) is 1. The summed E-state index contributed by atoms with van der Waals surface area (Å²) in [6.45, 7) is 3.05. The third kappa shape index (κ3) is 4.07. The van der Waals surface area contributed by atoms with Crippen LogP contribution in [0.5, 0.6) is 0 Å². The van der Waals surface area contributed by atoms with E-state index in [1.54, 1.807) is 0 Å². The molecule has 25 heavy (non-hydrogen) atoms. The van der Waals surface area contributed by atoms with Gasteiger partial charge in [0.25, 0.3) is 0 Å². The number of para-hydroxylation sites is 1. The van der Waals surface area contributed by atoms with Crippen molar-refractivity contribution in [1.29, 1.82) is 0 Å². The first-order valence-corrected chi connectivity index (χ1v) is 9.31. The lowest BCUT2D eigenvalue weighted by Gasteiger charge is -2.41. The molecule has 1 saturated heterocycles. The summed E-state index contributed by atoms with van der Waals surface area (Å²) in [5, 5.41) is 3.21. The molecule has 2 heterocycles. The lowest BCUT2D eigenvalue weighted by molar-refractivity contribution is 0.0803. The molecule has 2 fully saturated rings. The van der Waals surface area contributed by atoms with Crippen LogP contribution in [-0.4, -0.2) is 32.9 Å². The first-order valence-electron chi connectivity index (χ1n) is 9.31. The lowest BCUT2D eigenvalue weighted by atomic mass is 9.75. The Bertz CT molecular complexity index is 704. The summed E-state index contributed by atoms with van der Waals surface area (Å²) in [5.74, 6) is 3.32. The molecule has 132 valence electrons. The monoisotopic (exact) mass is 338 g/mol. The Kier molecular flexibility index (Phi) is 4.78. The van der Waals surface area contributed by atoms with E-state index in [-0.39, 0.29) is 5.95 Å². The number of rotatable bonds is 4. The van der Waals surface area contributed by atoms with Crippen LogP contribution in [0.2, 0.25) is 0 Å². The number of aromatic nitrogens is 3. The topological polar surface area (TPSA) is 80.0 Å². The zero-order chi connectivity index (χ0) is 17.1. The second kappa shape index (κ2) is 7.35. The molecule has 4 rings (SSSR count). The summed E-state index contributed by atoms with van der Waals surface area (Å²) in [4.78, 5) is 15.6. The van der Waals surface area contributed by atoms with Gasteiger partial charge in [-0.05, 0) is 43.4 Å². The van der Waals surface area contributed by atoms with Gasteiger partial charge in [0.15, 0.2) is 0 Å². The minimum Gasteiger partial charge on any atom is -0.368 e. The number of anilines is 3. The highest BCUT2D eigenvalue weighted by Gasteiger charge is 2.31. The van der Waals surface area contributed by atoms with E-state index < -0.39 is 0 Å². The second-order valence-corrected chi connectivity index (χ2v) is 7.25. The molecule has 0 bridgehead atoms. The standard InChI is InChI=1S/C19H26N6/c20-18-22-17(23-19(24-18)21-16-8-2-1-3-9-16)13-25-11-10-14-6-4-5-7-15(14)12-25/h1-3,8-9,14-15H,4-7,10-13H2,(H3,20,21,22,23,24)/t14-,15-/m1/s1. The molecule has 6 heteroatoms. The molecule has 1 saturated carbocycles. The number of nitrogens with two attached hydrogens (primary N) is 1. The quantitative estimate of drug-likeness (QED) is 0.891. The maximum atomic E-state index is 5.90. The van der Waals surface area contributed by atoms with Gasteiger partial charge in [0.2, 0.25) is 11.9 Å². The van der Waals surface area contributed by atoms with E-state index in [9.17, 15) is 0 Å². The number of hydrogen-bond acceptors (Lipinski definition) is 6. The number of benzene rings is 1. The van der Waals surface area contributed by atoms with Gasteiger partial charge in [-0.2, -0.15) is 15.0 Å². The Labute approximate surface area is 148 Å². The number of hydrogen-bond donors (Lipinski definition) is 2. The number of fused-ring (bicyclic) bond motifs is 1. The van der Waals surface area contributed by atoms with Crippen molar-refractivity contribution in [3.05, 3.63) is 36.2 Å². The Hall–Kier alpha value is -2.21. The third-order valence-corrected chi connectivity index (χ3v) is 5.47. The fourth-order valence-corrected chi connectivity index (χ4v) is 4.23. The molecule has 1 aliphatic heterocycles. The average Bonchev–Trinajstić information content (AvgIpc) is 2.62. The van der Waals surface area contributed by atoms with Gasteiger partial charge in [-0.1, -0.05) is 37.5 Å². The van der Waals surface area contributed by atoms with E-state index in [0.717, 1.165) is 43.0 Å². The van der Waals surface area contributed by atoms with E-state index in [0.29, 0.717) is 5.95 Å². The molecule has 1 aliphatic carbocycles. The first kappa shape index (κ1) is 16.3. The Morgan fingerprint density at radius 3 is 2.64 bits per heavy atom. The van der Waals surface area contributed by atoms with Gasteiger partial charge in [-0.25, -0.2) is 0 Å². The molecule has 3 N–H and O–H groups in total. The molecular formula is C19H26N6. The first-order chi connectivity index (χ1) is 12.3. The molecule has 0 radical (unpaired) electrons. The van der Waals surface area contributed by atoms with Crippen LogP contribution in [-0.2, 0) is 6.54 Å². The van der Waals surface area contributed by atoms with Gasteiger partial charge in [-0.15, -0.1) is 0 Å². The SMILES string of the molecule is Nc1nc(CN2CC[C@H]3CCCC[C@@H]3C2)nc(Nc2ccccc2)n1. The maximum Gasteiger partial charge on any atom is 0.232 e. The lowest BCUT2D eigenvalue weighted by Crippen LogP contribution is -2.41. The zero-order valence-corrected chi connectivity index (χ0v) is 14.6. The number of piperidine rings is 1. The molecule has 1 aromatic carbocycles. The highest BCUT2D eigenvalue weighted by Crippen LogP contribution is 2.36. The molecule has 2 aliphatic rings. The largest absolute Gasteiger partial charge is 0.368 e. The van der Waals surface area contributed by atoms with Crippen molar-refractivity contribution in [2.75, 3.05) is 24.1 Å². The van der Waals surface area contributed by atoms with E-state index in [4.69, 9.17) is 5.73 Å². The van der Waals surface area contributed by atoms with E-state index in [1.807, 2.05) is 30.3 Å². The van der Waals surface area contributed by atoms with Crippen LogP contribution in [0.3, 0.4) is 0 Å². The molecule has 0 amide bonds. The number of nitrogens with zero attached hydrogens (tertiary/aromatic N) is 4. The molecule has 2 aromatic rings. The highest BCUT2D eigenvalue weighted by atomic mass is 15.2. The van der Waals surface area contributed by atoms with Crippen molar-refractivity contribution in [2.24, 2.45) is 11.8 Å². The maximum absolute atomic E-state index is 5.90. The van der Waals surface area contributed by atoms with Crippen LogP contribution in [0, 0.1) is 11.8 Å². The Morgan fingerprint density at radius 1 is 1.00 bits per heavy atom. The van der Waals surface area contributed by atoms with Crippen LogP contribution in [0.4, 0.5) is 17.6 Å². The Morgan fingerprint density at radius 2 is 1.80 bits per heavy atom. The Balaban J connectivity index is 1.43. The van der Waals surface area contributed by atoms with Gasteiger partial charge < -0.3 is 11.1 Å². The van der Waals surface area contributed by atoms with Gasteiger partial charge in [0.1, 0.15) is 5.82 Å². The van der Waals surface area contributed by atoms with Gasteiger partial charge in [0, 0.05) is 12.2 Å². The summed E-state index contributed by atoms with van der Waals surface area (Å²) in [7, 11) is 0. The molecule has 2 atom stereocenters. The van der Waals surface area contributed by atoms with Gasteiger partial charge >= 0.3 is 0 Å². The fraction of sp³-hybridized carbons (Fsp3) is 0.526. The summed E-state index contributed by atoms with van der Waals surface area (Å²) in [6, 6.07) is 9.89. The van der Waals surface area contributed by atoms with Crippen molar-refractivity contribution in [1.82, 2.24) is 19.9 Å². The predicted molar refractivity (Wildman–Crippen MR) is 99.3 cm³/mol. The molecule has 0 spiro atoms. The minimum absolute atomic E-state index is 0.274. The average molecular weight is 338 g/mol. The van der Waals surface area contributed by atoms with Crippen LogP contribution < -0.4 is 11.1 Å². The highest BCUT2D eigenvalue weighted by molar-refractivity contribution is 5.53. The van der Waals surface area contributed by atoms with E-state index in [1.165, 1.54) is 32.1 Å². The minimum atomic E-state index is 0.274. The number of nitrogen functional groups attached to an aromatic ring is 1. The molecular weight excluding hydrogens is 312 g/mol. The summed E-state index contributed by atoms with van der Waals surface area (Å²) in [6.07, 6.45) is 6.91. The van der Waals surface area contributed by atoms with Crippen molar-refractivity contribution in [2.45, 2.75) is 38.6 Å². The zero-order valence-electron chi connectivity index (χ0n) is 14.6. The summed E-state index contributed by atoms with van der Waals surface area (Å²) < 4.78 is 0. The molecule has 0 unspecified atom stereocenters. The van der Waals surface area contributed by atoms with Gasteiger partial charge in [-0.3, -0.25) is 4.90 Å². The second-order valence-electron chi connectivity index (χ2n) is 7.25. The van der Waals surface area contributed by atoms with Crippen molar-refractivity contribution in [3.63, 3.8) is 0 Å². The molecule has 6 nitrogen and oxygen atoms in total. The van der Waals surface area contributed by atoms with Crippen LogP contribution >= 0.6 is 0 Å². The van der Waals surface area contributed by atoms with Crippen molar-refractivity contribution in [3.8, 4) is 0 Å². The smallest absolute Gasteiger partial charge is 0.232 e. The van der Waals surface area contributed by atoms with Crippen molar-refractivity contribution < 1.29 is 0 Å². The van der Waals surface area contributed by atoms with E-state index in [2.05, 4.69) is 25.2 Å².